The molecule has 4 heteroatoms. The van der Waals surface area contributed by atoms with Crippen LogP contribution in [0.4, 0.5) is 0 Å². The van der Waals surface area contributed by atoms with Gasteiger partial charge < -0.3 is 4.74 Å². The second-order valence-electron chi connectivity index (χ2n) is 7.69. The van der Waals surface area contributed by atoms with Crippen molar-refractivity contribution in [3.8, 4) is 5.75 Å². The zero-order valence-corrected chi connectivity index (χ0v) is 17.8. The normalized spacial score (nSPS) is 12.3. The lowest BCUT2D eigenvalue weighted by Gasteiger charge is -2.10. The summed E-state index contributed by atoms with van der Waals surface area (Å²) in [5.74, 6) is 0.884. The molecule has 0 radical (unpaired) electrons. The predicted molar refractivity (Wildman–Crippen MR) is 128 cm³/mol. The summed E-state index contributed by atoms with van der Waals surface area (Å²) in [6, 6.07) is 26.4. The number of carbonyl (C=O) groups is 1. The van der Waals surface area contributed by atoms with Gasteiger partial charge in [-0.05, 0) is 57.6 Å². The fraction of sp³-hybridized carbons (Fsp3) is 0.185. The van der Waals surface area contributed by atoms with E-state index in [0.717, 1.165) is 33.5 Å². The van der Waals surface area contributed by atoms with Gasteiger partial charge in [-0.25, -0.2) is 5.43 Å². The van der Waals surface area contributed by atoms with Crippen molar-refractivity contribution in [3.63, 3.8) is 0 Å². The van der Waals surface area contributed by atoms with Gasteiger partial charge in [-0.1, -0.05) is 74.5 Å². The van der Waals surface area contributed by atoms with E-state index in [1.807, 2.05) is 48.5 Å². The van der Waals surface area contributed by atoms with E-state index in [4.69, 9.17) is 4.74 Å². The van der Waals surface area contributed by atoms with Crippen LogP contribution in [-0.4, -0.2) is 18.7 Å². The molecule has 0 spiro atoms. The standard InChI is InChI=1S/C27H26N2O2/c1-3-19(2)20-12-14-23(15-13-20)31-18-27(30)29-28-17-26-24-10-6-4-8-21(24)16-22-9-5-7-11-25(22)26/h4-17,19H,3,18H2,1-2H3,(H,29,30)/b28-17-/t19-/m0/s1. The highest BCUT2D eigenvalue weighted by Gasteiger charge is 2.07. The predicted octanol–water partition coefficient (Wildman–Crippen LogP) is 6.04. The van der Waals surface area contributed by atoms with Crippen LogP contribution < -0.4 is 10.2 Å². The molecule has 0 aliphatic rings. The van der Waals surface area contributed by atoms with E-state index in [0.29, 0.717) is 11.7 Å². The SMILES string of the molecule is CC[C@H](C)c1ccc(OCC(=O)N/N=C\c2c3ccccc3cc3ccccc23)cc1. The summed E-state index contributed by atoms with van der Waals surface area (Å²) in [4.78, 5) is 12.2. The largest absolute Gasteiger partial charge is 0.484 e. The Hall–Kier alpha value is -3.66. The van der Waals surface area contributed by atoms with Crippen LogP contribution in [0.2, 0.25) is 0 Å². The van der Waals surface area contributed by atoms with Gasteiger partial charge in [0.15, 0.2) is 6.61 Å². The van der Waals surface area contributed by atoms with Crippen molar-refractivity contribution in [1.29, 1.82) is 0 Å². The number of benzene rings is 4. The highest BCUT2D eigenvalue weighted by molar-refractivity contribution is 6.13. The van der Waals surface area contributed by atoms with Crippen LogP contribution in [0.1, 0.15) is 37.3 Å². The van der Waals surface area contributed by atoms with Crippen molar-refractivity contribution in [2.24, 2.45) is 5.10 Å². The van der Waals surface area contributed by atoms with E-state index in [1.54, 1.807) is 6.21 Å². The molecule has 0 saturated carbocycles. The third-order valence-electron chi connectivity index (χ3n) is 5.63. The van der Waals surface area contributed by atoms with Crippen LogP contribution in [0.5, 0.6) is 5.75 Å². The molecule has 0 saturated heterocycles. The molecule has 4 aromatic carbocycles. The zero-order chi connectivity index (χ0) is 21.6. The first-order valence-corrected chi connectivity index (χ1v) is 10.6. The first kappa shape index (κ1) is 20.6. The van der Waals surface area contributed by atoms with E-state index in [1.165, 1.54) is 5.56 Å². The number of ether oxygens (including phenoxy) is 1. The third-order valence-corrected chi connectivity index (χ3v) is 5.63. The second kappa shape index (κ2) is 9.43. The van der Waals surface area contributed by atoms with Gasteiger partial charge in [-0.3, -0.25) is 4.79 Å². The highest BCUT2D eigenvalue weighted by atomic mass is 16.5. The maximum absolute atomic E-state index is 12.2. The summed E-state index contributed by atoms with van der Waals surface area (Å²) in [7, 11) is 0. The maximum Gasteiger partial charge on any atom is 0.277 e. The fourth-order valence-electron chi connectivity index (χ4n) is 3.67. The molecule has 0 unspecified atom stereocenters. The Balaban J connectivity index is 1.43. The monoisotopic (exact) mass is 410 g/mol. The first-order chi connectivity index (χ1) is 15.2. The lowest BCUT2D eigenvalue weighted by molar-refractivity contribution is -0.123. The first-order valence-electron chi connectivity index (χ1n) is 10.6. The topological polar surface area (TPSA) is 50.7 Å². The van der Waals surface area contributed by atoms with Gasteiger partial charge >= 0.3 is 0 Å². The lowest BCUT2D eigenvalue weighted by atomic mass is 9.97. The van der Waals surface area contributed by atoms with Crippen molar-refractivity contribution in [2.45, 2.75) is 26.2 Å². The van der Waals surface area contributed by atoms with Crippen molar-refractivity contribution >= 4 is 33.7 Å². The Morgan fingerprint density at radius 2 is 1.58 bits per heavy atom. The van der Waals surface area contributed by atoms with Crippen LogP contribution in [0.3, 0.4) is 0 Å². The number of rotatable bonds is 7. The highest BCUT2D eigenvalue weighted by Crippen LogP contribution is 2.27. The van der Waals surface area contributed by atoms with Crippen LogP contribution in [0.25, 0.3) is 21.5 Å². The Labute approximate surface area is 182 Å². The maximum atomic E-state index is 12.2. The molecule has 31 heavy (non-hydrogen) atoms. The molecule has 0 aromatic heterocycles. The van der Waals surface area contributed by atoms with Gasteiger partial charge in [-0.15, -0.1) is 0 Å². The van der Waals surface area contributed by atoms with Gasteiger partial charge in [0.05, 0.1) is 6.21 Å². The molecule has 1 atom stereocenters. The molecule has 0 bridgehead atoms. The Morgan fingerprint density at radius 1 is 0.968 bits per heavy atom. The number of carbonyl (C=O) groups excluding carboxylic acids is 1. The summed E-state index contributed by atoms with van der Waals surface area (Å²) in [5.41, 5.74) is 4.83. The third kappa shape index (κ3) is 4.75. The zero-order valence-electron chi connectivity index (χ0n) is 17.8. The van der Waals surface area contributed by atoms with E-state index in [9.17, 15) is 4.79 Å². The number of hydrogen-bond donors (Lipinski definition) is 1. The van der Waals surface area contributed by atoms with E-state index in [2.05, 4.69) is 54.7 Å². The van der Waals surface area contributed by atoms with Gasteiger partial charge in [0, 0.05) is 5.56 Å². The molecule has 0 aliphatic carbocycles. The summed E-state index contributed by atoms with van der Waals surface area (Å²) in [5, 5.41) is 8.66. The summed E-state index contributed by atoms with van der Waals surface area (Å²) >= 11 is 0. The van der Waals surface area contributed by atoms with Gasteiger partial charge in [0.25, 0.3) is 5.91 Å². The smallest absolute Gasteiger partial charge is 0.277 e. The van der Waals surface area contributed by atoms with Crippen molar-refractivity contribution in [1.82, 2.24) is 5.43 Å². The van der Waals surface area contributed by atoms with Crippen LogP contribution in [0.15, 0.2) is 84.0 Å². The Kier molecular flexibility index (Phi) is 6.27. The molecule has 0 heterocycles. The van der Waals surface area contributed by atoms with Gasteiger partial charge in [0.2, 0.25) is 0 Å². The molecule has 4 aromatic rings. The molecular weight excluding hydrogens is 384 g/mol. The fourth-order valence-corrected chi connectivity index (χ4v) is 3.67. The number of hydrazone groups is 1. The number of nitrogens with one attached hydrogen (secondary N) is 1. The number of hydrogen-bond acceptors (Lipinski definition) is 3. The minimum atomic E-state index is -0.299. The molecule has 1 N–H and O–H groups in total. The lowest BCUT2D eigenvalue weighted by Crippen LogP contribution is -2.24. The summed E-state index contributed by atoms with van der Waals surface area (Å²) in [6.07, 6.45) is 2.80. The van der Waals surface area contributed by atoms with Crippen LogP contribution in [-0.2, 0) is 4.79 Å². The molecule has 0 fully saturated rings. The van der Waals surface area contributed by atoms with Gasteiger partial charge in [-0.2, -0.15) is 5.10 Å². The van der Waals surface area contributed by atoms with Gasteiger partial charge in [0.1, 0.15) is 5.75 Å². The molecule has 4 nitrogen and oxygen atoms in total. The summed E-state index contributed by atoms with van der Waals surface area (Å²) in [6.45, 7) is 4.28. The molecule has 0 aliphatic heterocycles. The number of fused-ring (bicyclic) bond motifs is 2. The molecular formula is C27H26N2O2. The number of nitrogens with zero attached hydrogens (tertiary/aromatic N) is 1. The minimum absolute atomic E-state index is 0.0870. The van der Waals surface area contributed by atoms with E-state index >= 15 is 0 Å². The molecule has 1 amide bonds. The Morgan fingerprint density at radius 3 is 2.19 bits per heavy atom. The quantitative estimate of drug-likeness (QED) is 0.230. The van der Waals surface area contributed by atoms with Crippen molar-refractivity contribution in [3.05, 3.63) is 90.0 Å². The number of amides is 1. The van der Waals surface area contributed by atoms with Crippen molar-refractivity contribution in [2.75, 3.05) is 6.61 Å². The van der Waals surface area contributed by atoms with Crippen LogP contribution in [0, 0.1) is 0 Å². The molecule has 156 valence electrons. The van der Waals surface area contributed by atoms with E-state index < -0.39 is 0 Å². The minimum Gasteiger partial charge on any atom is -0.484 e. The van der Waals surface area contributed by atoms with E-state index in [-0.39, 0.29) is 12.5 Å². The average molecular weight is 411 g/mol. The molecule has 4 rings (SSSR count). The van der Waals surface area contributed by atoms with Crippen molar-refractivity contribution < 1.29 is 9.53 Å². The second-order valence-corrected chi connectivity index (χ2v) is 7.69. The van der Waals surface area contributed by atoms with Crippen LogP contribution >= 0.6 is 0 Å². The summed E-state index contributed by atoms with van der Waals surface area (Å²) < 4.78 is 5.59. The Bertz CT molecular complexity index is 1180. The average Bonchev–Trinajstić information content (AvgIpc) is 2.82.